The normalized spacial score (nSPS) is 17.9. The molecule has 1 heterocycles. The first-order valence-electron chi connectivity index (χ1n) is 7.23. The molecule has 1 fully saturated rings. The Labute approximate surface area is 121 Å². The molecule has 1 aliphatic rings. The summed E-state index contributed by atoms with van der Waals surface area (Å²) in [5.41, 5.74) is 0.485. The van der Waals surface area contributed by atoms with E-state index >= 15 is 0 Å². The minimum atomic E-state index is 0.485. The van der Waals surface area contributed by atoms with Gasteiger partial charge in [-0.3, -0.25) is 0 Å². The van der Waals surface area contributed by atoms with Crippen molar-refractivity contribution in [3.05, 3.63) is 12.4 Å². The van der Waals surface area contributed by atoms with Gasteiger partial charge in [0.15, 0.2) is 0 Å². The molecule has 1 aromatic heterocycles. The third kappa shape index (κ3) is 4.10. The number of hydrogen-bond acceptors (Lipinski definition) is 4. The highest BCUT2D eigenvalue weighted by molar-refractivity contribution is 7.98. The predicted octanol–water partition coefficient (Wildman–Crippen LogP) is 4.22. The number of nitrogens with one attached hydrogen (secondary N) is 1. The molecule has 106 valence electrons. The van der Waals surface area contributed by atoms with Gasteiger partial charge in [-0.05, 0) is 36.9 Å². The van der Waals surface area contributed by atoms with E-state index in [1.165, 1.54) is 32.1 Å². The molecule has 19 heavy (non-hydrogen) atoms. The van der Waals surface area contributed by atoms with Crippen molar-refractivity contribution in [2.45, 2.75) is 51.0 Å². The van der Waals surface area contributed by atoms with Gasteiger partial charge in [-0.1, -0.05) is 26.7 Å². The molecular weight excluding hydrogens is 254 g/mol. The molecule has 0 amide bonds. The highest BCUT2D eigenvalue weighted by Crippen LogP contribution is 2.43. The highest BCUT2D eigenvalue weighted by Gasteiger charge is 2.34. The molecule has 1 aromatic rings. The van der Waals surface area contributed by atoms with Crippen molar-refractivity contribution in [1.29, 1.82) is 0 Å². The third-order valence-corrected chi connectivity index (χ3v) is 4.64. The van der Waals surface area contributed by atoms with Gasteiger partial charge in [0, 0.05) is 12.6 Å². The number of nitrogens with zero attached hydrogens (tertiary/aromatic N) is 2. The monoisotopic (exact) mass is 279 g/mol. The lowest BCUT2D eigenvalue weighted by atomic mass is 9.78. The zero-order valence-electron chi connectivity index (χ0n) is 12.3. The molecule has 2 rings (SSSR count). The topological polar surface area (TPSA) is 37.8 Å². The second-order valence-electron chi connectivity index (χ2n) is 6.10. The fourth-order valence-corrected chi connectivity index (χ4v) is 3.65. The van der Waals surface area contributed by atoms with Crippen LogP contribution in [0.4, 0.5) is 5.82 Å². The Hall–Kier alpha value is -0.770. The molecular formula is C15H25N3S. The number of hydrogen-bond donors (Lipinski definition) is 1. The third-order valence-electron chi connectivity index (χ3n) is 4.00. The van der Waals surface area contributed by atoms with Gasteiger partial charge in [-0.15, -0.1) is 11.8 Å². The van der Waals surface area contributed by atoms with E-state index in [9.17, 15) is 0 Å². The standard InChI is InChI=1S/C15H25N3S/c1-12(2)9-15(6-4-5-7-15)10-16-13-8-14(19-3)18-11-17-13/h8,11-12H,4-7,9-10H2,1-3H3,(H,16,17,18). The fourth-order valence-electron chi connectivity index (χ4n) is 3.27. The summed E-state index contributed by atoms with van der Waals surface area (Å²) in [5, 5.41) is 4.57. The zero-order chi connectivity index (χ0) is 13.7. The van der Waals surface area contributed by atoms with Crippen molar-refractivity contribution < 1.29 is 0 Å². The van der Waals surface area contributed by atoms with E-state index in [4.69, 9.17) is 0 Å². The number of anilines is 1. The van der Waals surface area contributed by atoms with Crippen LogP contribution in [0.15, 0.2) is 17.4 Å². The van der Waals surface area contributed by atoms with Crippen LogP contribution in [-0.2, 0) is 0 Å². The van der Waals surface area contributed by atoms with Crippen LogP contribution in [0.1, 0.15) is 46.0 Å². The van der Waals surface area contributed by atoms with Gasteiger partial charge in [0.05, 0.1) is 0 Å². The molecule has 0 atom stereocenters. The minimum Gasteiger partial charge on any atom is -0.369 e. The van der Waals surface area contributed by atoms with E-state index in [0.29, 0.717) is 5.41 Å². The molecule has 0 bridgehead atoms. The minimum absolute atomic E-state index is 0.485. The molecule has 0 aliphatic heterocycles. The van der Waals surface area contributed by atoms with Crippen molar-refractivity contribution in [3.8, 4) is 0 Å². The summed E-state index contributed by atoms with van der Waals surface area (Å²) >= 11 is 1.66. The molecule has 0 spiro atoms. The van der Waals surface area contributed by atoms with E-state index in [1.54, 1.807) is 18.1 Å². The number of thioether (sulfide) groups is 1. The lowest BCUT2D eigenvalue weighted by molar-refractivity contribution is 0.252. The Bertz CT molecular complexity index is 400. The smallest absolute Gasteiger partial charge is 0.130 e. The van der Waals surface area contributed by atoms with Crippen LogP contribution in [0.2, 0.25) is 0 Å². The van der Waals surface area contributed by atoms with E-state index in [-0.39, 0.29) is 0 Å². The van der Waals surface area contributed by atoms with Gasteiger partial charge in [0.1, 0.15) is 17.2 Å². The first-order chi connectivity index (χ1) is 9.13. The second-order valence-corrected chi connectivity index (χ2v) is 6.93. The summed E-state index contributed by atoms with van der Waals surface area (Å²) in [6.07, 6.45) is 10.5. The van der Waals surface area contributed by atoms with Gasteiger partial charge in [0.2, 0.25) is 0 Å². The number of rotatable bonds is 6. The maximum absolute atomic E-state index is 4.32. The lowest BCUT2D eigenvalue weighted by Crippen LogP contribution is -2.28. The van der Waals surface area contributed by atoms with Gasteiger partial charge < -0.3 is 5.32 Å². The molecule has 1 aliphatic carbocycles. The maximum atomic E-state index is 4.32. The zero-order valence-corrected chi connectivity index (χ0v) is 13.1. The largest absolute Gasteiger partial charge is 0.369 e. The Morgan fingerprint density at radius 1 is 1.32 bits per heavy atom. The molecule has 0 saturated heterocycles. The van der Waals surface area contributed by atoms with Gasteiger partial charge in [-0.2, -0.15) is 0 Å². The molecule has 1 N–H and O–H groups in total. The van der Waals surface area contributed by atoms with Crippen LogP contribution in [0.25, 0.3) is 0 Å². The van der Waals surface area contributed by atoms with Crippen LogP contribution < -0.4 is 5.32 Å². The maximum Gasteiger partial charge on any atom is 0.130 e. The van der Waals surface area contributed by atoms with E-state index < -0.39 is 0 Å². The molecule has 0 radical (unpaired) electrons. The summed E-state index contributed by atoms with van der Waals surface area (Å²) < 4.78 is 0. The fraction of sp³-hybridized carbons (Fsp3) is 0.733. The van der Waals surface area contributed by atoms with Crippen LogP contribution in [0, 0.1) is 11.3 Å². The van der Waals surface area contributed by atoms with E-state index in [2.05, 4.69) is 29.1 Å². The Kier molecular flexibility index (Phi) is 5.08. The molecule has 3 nitrogen and oxygen atoms in total. The van der Waals surface area contributed by atoms with Gasteiger partial charge in [-0.25, -0.2) is 9.97 Å². The molecule has 0 unspecified atom stereocenters. The quantitative estimate of drug-likeness (QED) is 0.625. The van der Waals surface area contributed by atoms with Gasteiger partial charge in [0.25, 0.3) is 0 Å². The SMILES string of the molecule is CSc1cc(NCC2(CC(C)C)CCCC2)ncn1. The first-order valence-corrected chi connectivity index (χ1v) is 8.46. The summed E-state index contributed by atoms with van der Waals surface area (Å²) in [7, 11) is 0. The van der Waals surface area contributed by atoms with Crippen LogP contribution in [0.3, 0.4) is 0 Å². The van der Waals surface area contributed by atoms with Gasteiger partial charge >= 0.3 is 0 Å². The summed E-state index contributed by atoms with van der Waals surface area (Å²) in [6.45, 7) is 5.71. The van der Waals surface area contributed by atoms with E-state index in [0.717, 1.165) is 23.3 Å². The summed E-state index contributed by atoms with van der Waals surface area (Å²) in [6, 6.07) is 2.04. The van der Waals surface area contributed by atoms with Crippen molar-refractivity contribution in [3.63, 3.8) is 0 Å². The lowest BCUT2D eigenvalue weighted by Gasteiger charge is -2.31. The highest BCUT2D eigenvalue weighted by atomic mass is 32.2. The van der Waals surface area contributed by atoms with E-state index in [1.807, 2.05) is 12.3 Å². The van der Waals surface area contributed by atoms with Crippen molar-refractivity contribution in [1.82, 2.24) is 9.97 Å². The van der Waals surface area contributed by atoms with Crippen molar-refractivity contribution in [2.24, 2.45) is 11.3 Å². The first kappa shape index (κ1) is 14.6. The van der Waals surface area contributed by atoms with Crippen molar-refractivity contribution >= 4 is 17.6 Å². The molecule has 4 heteroatoms. The number of aromatic nitrogens is 2. The predicted molar refractivity (Wildman–Crippen MR) is 82.7 cm³/mol. The summed E-state index contributed by atoms with van der Waals surface area (Å²) in [4.78, 5) is 8.54. The average Bonchev–Trinajstić information content (AvgIpc) is 2.85. The Balaban J connectivity index is 1.98. The van der Waals surface area contributed by atoms with Crippen LogP contribution in [0.5, 0.6) is 0 Å². The Morgan fingerprint density at radius 2 is 2.05 bits per heavy atom. The Morgan fingerprint density at radius 3 is 2.68 bits per heavy atom. The van der Waals surface area contributed by atoms with Crippen LogP contribution in [-0.4, -0.2) is 22.8 Å². The molecule has 0 aromatic carbocycles. The summed E-state index contributed by atoms with van der Waals surface area (Å²) in [5.74, 6) is 1.74. The second kappa shape index (κ2) is 6.60. The molecule has 1 saturated carbocycles. The average molecular weight is 279 g/mol. The van der Waals surface area contributed by atoms with Crippen molar-refractivity contribution in [2.75, 3.05) is 18.1 Å². The van der Waals surface area contributed by atoms with Crippen LogP contribution >= 0.6 is 11.8 Å².